The molecule has 1 aliphatic heterocycles. The van der Waals surface area contributed by atoms with Crippen molar-refractivity contribution < 1.29 is 18.0 Å². The van der Waals surface area contributed by atoms with Crippen molar-refractivity contribution >= 4 is 27.3 Å². The molecule has 2 fully saturated rings. The third-order valence-corrected chi connectivity index (χ3v) is 5.70. The van der Waals surface area contributed by atoms with Gasteiger partial charge in [0.15, 0.2) is 9.84 Å². The molecular formula is C15H18N2O4S. The quantitative estimate of drug-likeness (QED) is 0.863. The van der Waals surface area contributed by atoms with Gasteiger partial charge in [-0.25, -0.2) is 8.42 Å². The first-order valence-electron chi connectivity index (χ1n) is 7.35. The van der Waals surface area contributed by atoms with Crippen LogP contribution < -0.4 is 10.6 Å². The molecule has 1 aliphatic carbocycles. The van der Waals surface area contributed by atoms with Gasteiger partial charge in [-0.15, -0.1) is 0 Å². The Bertz CT molecular complexity index is 693. The number of carbonyl (C=O) groups is 2. The summed E-state index contributed by atoms with van der Waals surface area (Å²) in [6, 6.07) is 6.30. The van der Waals surface area contributed by atoms with Gasteiger partial charge in [0, 0.05) is 23.2 Å². The fourth-order valence-electron chi connectivity index (χ4n) is 2.47. The first-order valence-corrected chi connectivity index (χ1v) is 9.17. The summed E-state index contributed by atoms with van der Waals surface area (Å²) in [5.41, 5.74) is 1.12. The van der Waals surface area contributed by atoms with Crippen molar-refractivity contribution in [2.24, 2.45) is 5.92 Å². The van der Waals surface area contributed by atoms with Gasteiger partial charge in [0.05, 0.1) is 11.5 Å². The second-order valence-corrected chi connectivity index (χ2v) is 8.14. The van der Waals surface area contributed by atoms with Crippen molar-refractivity contribution in [3.63, 3.8) is 0 Å². The van der Waals surface area contributed by atoms with Gasteiger partial charge in [0.2, 0.25) is 5.91 Å². The van der Waals surface area contributed by atoms with E-state index in [0.717, 1.165) is 12.8 Å². The van der Waals surface area contributed by atoms with Gasteiger partial charge in [-0.05, 0) is 43.5 Å². The summed E-state index contributed by atoms with van der Waals surface area (Å²) >= 11 is 0. The molecule has 1 aromatic rings. The third-order valence-electron chi connectivity index (χ3n) is 3.93. The Hall–Kier alpha value is -1.89. The SMILES string of the molecule is O=C(NC1CCS(=O)(=O)C1)c1ccc(NC(=O)C2CC2)cc1. The van der Waals surface area contributed by atoms with E-state index in [9.17, 15) is 18.0 Å². The Morgan fingerprint density at radius 1 is 1.05 bits per heavy atom. The summed E-state index contributed by atoms with van der Waals surface area (Å²) in [4.78, 5) is 23.7. The van der Waals surface area contributed by atoms with E-state index in [-0.39, 0.29) is 35.3 Å². The first-order chi connectivity index (χ1) is 10.4. The van der Waals surface area contributed by atoms with Gasteiger partial charge in [0.1, 0.15) is 0 Å². The highest BCUT2D eigenvalue weighted by Crippen LogP contribution is 2.30. The highest BCUT2D eigenvalue weighted by Gasteiger charge is 2.30. The van der Waals surface area contributed by atoms with Crippen LogP contribution in [0.5, 0.6) is 0 Å². The molecule has 0 bridgehead atoms. The van der Waals surface area contributed by atoms with Crippen molar-refractivity contribution in [2.75, 3.05) is 16.8 Å². The lowest BCUT2D eigenvalue weighted by Crippen LogP contribution is -2.35. The zero-order valence-electron chi connectivity index (χ0n) is 12.0. The average molecular weight is 322 g/mol. The van der Waals surface area contributed by atoms with E-state index in [1.54, 1.807) is 24.3 Å². The van der Waals surface area contributed by atoms with Gasteiger partial charge in [-0.2, -0.15) is 0 Å². The molecule has 0 radical (unpaired) electrons. The lowest BCUT2D eigenvalue weighted by molar-refractivity contribution is -0.117. The molecule has 7 heteroatoms. The molecule has 2 N–H and O–H groups in total. The average Bonchev–Trinajstić information content (AvgIpc) is 3.25. The summed E-state index contributed by atoms with van der Waals surface area (Å²) in [6.45, 7) is 0. The summed E-state index contributed by atoms with van der Waals surface area (Å²) < 4.78 is 22.7. The van der Waals surface area contributed by atoms with Crippen molar-refractivity contribution in [2.45, 2.75) is 25.3 Å². The van der Waals surface area contributed by atoms with Crippen molar-refractivity contribution in [1.29, 1.82) is 0 Å². The zero-order chi connectivity index (χ0) is 15.7. The van der Waals surface area contributed by atoms with E-state index in [1.165, 1.54) is 0 Å². The summed E-state index contributed by atoms with van der Waals surface area (Å²) in [7, 11) is -3.01. The Labute approximate surface area is 129 Å². The fourth-order valence-corrected chi connectivity index (χ4v) is 4.15. The molecule has 1 saturated carbocycles. The molecule has 6 nitrogen and oxygen atoms in total. The van der Waals surface area contributed by atoms with Crippen LogP contribution in [0.25, 0.3) is 0 Å². The number of carbonyl (C=O) groups excluding carboxylic acids is 2. The second kappa shape index (κ2) is 5.72. The van der Waals surface area contributed by atoms with E-state index >= 15 is 0 Å². The Morgan fingerprint density at radius 3 is 2.27 bits per heavy atom. The highest BCUT2D eigenvalue weighted by atomic mass is 32.2. The minimum atomic E-state index is -3.01. The van der Waals surface area contributed by atoms with Gasteiger partial charge in [0.25, 0.3) is 5.91 Å². The number of hydrogen-bond donors (Lipinski definition) is 2. The van der Waals surface area contributed by atoms with Crippen molar-refractivity contribution in [1.82, 2.24) is 5.32 Å². The minimum Gasteiger partial charge on any atom is -0.348 e. The van der Waals surface area contributed by atoms with Crippen LogP contribution in [-0.4, -0.2) is 37.8 Å². The smallest absolute Gasteiger partial charge is 0.251 e. The normalized spacial score (nSPS) is 23.0. The molecule has 0 aromatic heterocycles. The highest BCUT2D eigenvalue weighted by molar-refractivity contribution is 7.91. The maximum Gasteiger partial charge on any atom is 0.251 e. The summed E-state index contributed by atoms with van der Waals surface area (Å²) in [5.74, 6) is 0.000980. The van der Waals surface area contributed by atoms with Gasteiger partial charge in [-0.3, -0.25) is 9.59 Å². The molecule has 1 saturated heterocycles. The van der Waals surface area contributed by atoms with Crippen LogP contribution in [0.4, 0.5) is 5.69 Å². The van der Waals surface area contributed by atoms with Crippen LogP contribution in [0.3, 0.4) is 0 Å². The van der Waals surface area contributed by atoms with Gasteiger partial charge >= 0.3 is 0 Å². The molecule has 0 spiro atoms. The molecular weight excluding hydrogens is 304 g/mol. The van der Waals surface area contributed by atoms with Crippen molar-refractivity contribution in [3.05, 3.63) is 29.8 Å². The molecule has 2 amide bonds. The molecule has 3 rings (SSSR count). The minimum absolute atomic E-state index is 0.00820. The summed E-state index contributed by atoms with van der Waals surface area (Å²) in [5, 5.41) is 5.54. The molecule has 2 aliphatic rings. The molecule has 1 atom stereocenters. The standard InChI is InChI=1S/C15H18N2O4S/c18-14(10-1-2-10)16-12-5-3-11(4-6-12)15(19)17-13-7-8-22(20,21)9-13/h3-6,10,13H,1-2,7-9H2,(H,16,18)(H,17,19). The number of rotatable bonds is 4. The van der Waals surface area contributed by atoms with Crippen LogP contribution in [0.1, 0.15) is 29.6 Å². The largest absolute Gasteiger partial charge is 0.348 e. The zero-order valence-corrected chi connectivity index (χ0v) is 12.9. The van der Waals surface area contributed by atoms with E-state index in [2.05, 4.69) is 10.6 Å². The predicted octanol–water partition coefficient (Wildman–Crippen LogP) is 0.952. The van der Waals surface area contributed by atoms with E-state index in [0.29, 0.717) is 17.7 Å². The van der Waals surface area contributed by atoms with E-state index < -0.39 is 9.84 Å². The lowest BCUT2D eigenvalue weighted by atomic mass is 10.1. The van der Waals surface area contributed by atoms with Crippen LogP contribution in [0, 0.1) is 5.92 Å². The molecule has 118 valence electrons. The number of benzene rings is 1. The Morgan fingerprint density at radius 2 is 1.73 bits per heavy atom. The van der Waals surface area contributed by atoms with Crippen LogP contribution in [0.15, 0.2) is 24.3 Å². The van der Waals surface area contributed by atoms with Gasteiger partial charge in [-0.1, -0.05) is 0 Å². The second-order valence-electron chi connectivity index (χ2n) is 5.91. The Balaban J connectivity index is 1.57. The number of sulfone groups is 1. The first kappa shape index (κ1) is 15.0. The number of anilines is 1. The fraction of sp³-hybridized carbons (Fsp3) is 0.467. The molecule has 1 unspecified atom stereocenters. The molecule has 1 heterocycles. The predicted molar refractivity (Wildman–Crippen MR) is 82.3 cm³/mol. The third kappa shape index (κ3) is 3.65. The van der Waals surface area contributed by atoms with Crippen LogP contribution in [-0.2, 0) is 14.6 Å². The number of amides is 2. The monoisotopic (exact) mass is 322 g/mol. The number of nitrogens with one attached hydrogen (secondary N) is 2. The lowest BCUT2D eigenvalue weighted by Gasteiger charge is -2.11. The Kier molecular flexibility index (Phi) is 3.90. The van der Waals surface area contributed by atoms with Crippen LogP contribution >= 0.6 is 0 Å². The van der Waals surface area contributed by atoms with Crippen LogP contribution in [0.2, 0.25) is 0 Å². The number of hydrogen-bond acceptors (Lipinski definition) is 4. The molecule has 22 heavy (non-hydrogen) atoms. The summed E-state index contributed by atoms with van der Waals surface area (Å²) in [6.07, 6.45) is 2.34. The van der Waals surface area contributed by atoms with Crippen molar-refractivity contribution in [3.8, 4) is 0 Å². The molecule has 1 aromatic carbocycles. The maximum absolute atomic E-state index is 12.1. The topological polar surface area (TPSA) is 92.3 Å². The van der Waals surface area contributed by atoms with Gasteiger partial charge < -0.3 is 10.6 Å². The van der Waals surface area contributed by atoms with E-state index in [4.69, 9.17) is 0 Å². The van der Waals surface area contributed by atoms with E-state index in [1.807, 2.05) is 0 Å². The maximum atomic E-state index is 12.1.